The van der Waals surface area contributed by atoms with E-state index >= 15 is 0 Å². The van der Waals surface area contributed by atoms with Crippen LogP contribution in [0.15, 0.2) is 15.7 Å². The average Bonchev–Trinajstić information content (AvgIpc) is 3.04. The highest BCUT2D eigenvalue weighted by Crippen LogP contribution is 2.23. The third kappa shape index (κ3) is 4.76. The second-order valence-electron chi connectivity index (χ2n) is 8.52. The number of anilines is 1. The summed E-state index contributed by atoms with van der Waals surface area (Å²) in [6.07, 6.45) is 5.87. The van der Waals surface area contributed by atoms with Gasteiger partial charge in [0.15, 0.2) is 0 Å². The van der Waals surface area contributed by atoms with E-state index in [-0.39, 0.29) is 35.5 Å². The van der Waals surface area contributed by atoms with Crippen LogP contribution in [-0.2, 0) is 23.7 Å². The molecule has 166 valence electrons. The van der Waals surface area contributed by atoms with E-state index in [1.165, 1.54) is 22.6 Å². The molecule has 9 nitrogen and oxygen atoms in total. The third-order valence-corrected chi connectivity index (χ3v) is 6.30. The molecular weight excluding hydrogens is 386 g/mol. The molecule has 2 fully saturated rings. The van der Waals surface area contributed by atoms with E-state index in [0.29, 0.717) is 18.9 Å². The third-order valence-electron chi connectivity index (χ3n) is 6.30. The van der Waals surface area contributed by atoms with Crippen LogP contribution in [0.2, 0.25) is 0 Å². The van der Waals surface area contributed by atoms with Crippen molar-refractivity contribution in [2.45, 2.75) is 38.5 Å². The maximum Gasteiger partial charge on any atom is 0.332 e. The van der Waals surface area contributed by atoms with Crippen molar-refractivity contribution in [2.24, 2.45) is 20.0 Å². The predicted octanol–water partition coefficient (Wildman–Crippen LogP) is 0.161. The number of hydrogen-bond donors (Lipinski definition) is 0. The Balaban J connectivity index is 1.66. The predicted molar refractivity (Wildman–Crippen MR) is 115 cm³/mol. The molecule has 1 atom stereocenters. The second-order valence-corrected chi connectivity index (χ2v) is 8.52. The maximum absolute atomic E-state index is 13.0. The average molecular weight is 420 g/mol. The molecule has 2 aliphatic heterocycles. The molecule has 0 N–H and O–H groups in total. The Morgan fingerprint density at radius 1 is 1.00 bits per heavy atom. The zero-order chi connectivity index (χ0) is 21.8. The first-order chi connectivity index (χ1) is 14.3. The van der Waals surface area contributed by atoms with Crippen LogP contribution < -0.4 is 16.1 Å². The Labute approximate surface area is 176 Å². The van der Waals surface area contributed by atoms with Crippen LogP contribution in [-0.4, -0.2) is 70.5 Å². The monoisotopic (exact) mass is 419 g/mol. The summed E-state index contributed by atoms with van der Waals surface area (Å²) < 4.78 is 2.51. The summed E-state index contributed by atoms with van der Waals surface area (Å²) >= 11 is 0. The number of amides is 2. The number of nitrogens with zero attached hydrogens (tertiary/aromatic N) is 5. The summed E-state index contributed by atoms with van der Waals surface area (Å²) in [5.41, 5.74) is -0.743. The molecule has 2 saturated heterocycles. The highest BCUT2D eigenvalue weighted by Gasteiger charge is 2.30. The molecular formula is C21H33N5O4. The van der Waals surface area contributed by atoms with Gasteiger partial charge in [0, 0.05) is 53.4 Å². The van der Waals surface area contributed by atoms with E-state index in [1.807, 2.05) is 9.80 Å². The van der Waals surface area contributed by atoms with Crippen molar-refractivity contribution in [1.29, 1.82) is 0 Å². The minimum absolute atomic E-state index is 0.00867. The molecule has 2 amide bonds. The van der Waals surface area contributed by atoms with Gasteiger partial charge in [-0.25, -0.2) is 4.79 Å². The SMILES string of the molecule is CN(CC(=O)N1CCCCCC1)C(=O)C1CCCN(c2cc(=O)n(C)c(=O)n2C)C1. The first-order valence-electron chi connectivity index (χ1n) is 10.8. The van der Waals surface area contributed by atoms with Crippen LogP contribution in [0.5, 0.6) is 0 Å². The molecule has 2 aliphatic rings. The number of likely N-dealkylation sites (tertiary alicyclic amines) is 1. The molecule has 3 rings (SSSR count). The molecule has 0 spiro atoms. The molecule has 1 aromatic heterocycles. The lowest BCUT2D eigenvalue weighted by Gasteiger charge is -2.36. The minimum Gasteiger partial charge on any atom is -0.357 e. The fourth-order valence-electron chi connectivity index (χ4n) is 4.42. The van der Waals surface area contributed by atoms with E-state index in [1.54, 1.807) is 14.1 Å². The Hall–Kier alpha value is -2.58. The van der Waals surface area contributed by atoms with Gasteiger partial charge in [-0.05, 0) is 25.7 Å². The number of carbonyl (C=O) groups excluding carboxylic acids is 2. The Morgan fingerprint density at radius 2 is 1.67 bits per heavy atom. The summed E-state index contributed by atoms with van der Waals surface area (Å²) in [6, 6.07) is 1.45. The van der Waals surface area contributed by atoms with Crippen molar-refractivity contribution in [2.75, 3.05) is 44.7 Å². The largest absolute Gasteiger partial charge is 0.357 e. The lowest BCUT2D eigenvalue weighted by Crippen LogP contribution is -2.48. The highest BCUT2D eigenvalue weighted by atomic mass is 16.2. The number of hydrogen-bond acceptors (Lipinski definition) is 5. The summed E-state index contributed by atoms with van der Waals surface area (Å²) in [4.78, 5) is 55.3. The van der Waals surface area contributed by atoms with E-state index in [0.717, 1.165) is 56.2 Å². The standard InChI is InChI=1S/C21H33N5O4/c1-22(15-19(28)25-10-6-4-5-7-11-25)20(29)16-9-8-12-26(14-16)17-13-18(27)24(3)21(30)23(17)2/h13,16H,4-12,14-15H2,1-3H3. The van der Waals surface area contributed by atoms with Crippen molar-refractivity contribution >= 4 is 17.6 Å². The van der Waals surface area contributed by atoms with Crippen LogP contribution in [0, 0.1) is 5.92 Å². The van der Waals surface area contributed by atoms with Crippen LogP contribution in [0.25, 0.3) is 0 Å². The number of carbonyl (C=O) groups is 2. The quantitative estimate of drug-likeness (QED) is 0.694. The summed E-state index contributed by atoms with van der Waals surface area (Å²) in [5, 5.41) is 0. The lowest BCUT2D eigenvalue weighted by atomic mass is 9.96. The molecule has 0 radical (unpaired) electrons. The highest BCUT2D eigenvalue weighted by molar-refractivity contribution is 5.86. The summed E-state index contributed by atoms with van der Waals surface area (Å²) in [5.74, 6) is 0.217. The van der Waals surface area contributed by atoms with Crippen LogP contribution in [0.4, 0.5) is 5.82 Å². The zero-order valence-electron chi connectivity index (χ0n) is 18.3. The zero-order valence-corrected chi connectivity index (χ0v) is 18.3. The van der Waals surface area contributed by atoms with E-state index in [4.69, 9.17) is 0 Å². The van der Waals surface area contributed by atoms with Gasteiger partial charge in [0.1, 0.15) is 5.82 Å². The smallest absolute Gasteiger partial charge is 0.332 e. The first kappa shape index (κ1) is 22.1. The van der Waals surface area contributed by atoms with Gasteiger partial charge in [-0.3, -0.25) is 23.5 Å². The fraction of sp³-hybridized carbons (Fsp3) is 0.714. The minimum atomic E-state index is -0.383. The molecule has 0 bridgehead atoms. The van der Waals surface area contributed by atoms with Crippen LogP contribution >= 0.6 is 0 Å². The van der Waals surface area contributed by atoms with Crippen molar-refractivity contribution in [1.82, 2.24) is 18.9 Å². The summed E-state index contributed by atoms with van der Waals surface area (Å²) in [6.45, 7) is 2.76. The first-order valence-corrected chi connectivity index (χ1v) is 10.8. The van der Waals surface area contributed by atoms with Gasteiger partial charge in [-0.15, -0.1) is 0 Å². The van der Waals surface area contributed by atoms with E-state index in [2.05, 4.69) is 0 Å². The van der Waals surface area contributed by atoms with Crippen molar-refractivity contribution in [3.8, 4) is 0 Å². The van der Waals surface area contributed by atoms with Gasteiger partial charge in [-0.1, -0.05) is 12.8 Å². The number of rotatable bonds is 4. The van der Waals surface area contributed by atoms with Crippen LogP contribution in [0.3, 0.4) is 0 Å². The van der Waals surface area contributed by atoms with Crippen molar-refractivity contribution in [3.05, 3.63) is 26.9 Å². The van der Waals surface area contributed by atoms with Gasteiger partial charge in [0.25, 0.3) is 5.56 Å². The second kappa shape index (κ2) is 9.49. The normalized spacial score (nSPS) is 20.0. The number of likely N-dealkylation sites (N-methyl/N-ethyl adjacent to an activating group) is 1. The molecule has 30 heavy (non-hydrogen) atoms. The Morgan fingerprint density at radius 3 is 2.33 bits per heavy atom. The van der Waals surface area contributed by atoms with E-state index < -0.39 is 0 Å². The Bertz CT molecular complexity index is 898. The number of aromatic nitrogens is 2. The molecule has 9 heteroatoms. The molecule has 0 aromatic carbocycles. The number of piperidine rings is 1. The van der Waals surface area contributed by atoms with Crippen molar-refractivity contribution < 1.29 is 9.59 Å². The van der Waals surface area contributed by atoms with Crippen molar-refractivity contribution in [3.63, 3.8) is 0 Å². The fourth-order valence-corrected chi connectivity index (χ4v) is 4.42. The molecule has 1 unspecified atom stereocenters. The van der Waals surface area contributed by atoms with Gasteiger partial charge >= 0.3 is 5.69 Å². The van der Waals surface area contributed by atoms with Gasteiger partial charge in [-0.2, -0.15) is 0 Å². The summed E-state index contributed by atoms with van der Waals surface area (Å²) in [7, 11) is 4.77. The van der Waals surface area contributed by atoms with Gasteiger partial charge in [0.2, 0.25) is 11.8 Å². The maximum atomic E-state index is 13.0. The molecule has 0 saturated carbocycles. The van der Waals surface area contributed by atoms with Gasteiger partial charge < -0.3 is 14.7 Å². The Kier molecular flexibility index (Phi) is 6.99. The lowest BCUT2D eigenvalue weighted by molar-refractivity contribution is -0.141. The molecule has 0 aliphatic carbocycles. The van der Waals surface area contributed by atoms with Crippen LogP contribution in [0.1, 0.15) is 38.5 Å². The molecule has 3 heterocycles. The molecule has 1 aromatic rings. The van der Waals surface area contributed by atoms with E-state index in [9.17, 15) is 19.2 Å². The topological polar surface area (TPSA) is 87.9 Å². The van der Waals surface area contributed by atoms with Gasteiger partial charge in [0.05, 0.1) is 12.5 Å².